The molecule has 3 N–H and O–H groups in total. The first-order valence-corrected chi connectivity index (χ1v) is 7.26. The van der Waals surface area contributed by atoms with Crippen LogP contribution in [0, 0.1) is 5.41 Å². The Morgan fingerprint density at radius 1 is 1.31 bits per heavy atom. The quantitative estimate of drug-likeness (QED) is 0.710. The molecule has 0 amide bonds. The number of hydrogen-bond donors (Lipinski definition) is 2. The summed E-state index contributed by atoms with van der Waals surface area (Å²) in [6.07, 6.45) is 2.75. The molecule has 0 radical (unpaired) electrons. The maximum atomic E-state index is 11.9. The van der Waals surface area contributed by atoms with E-state index in [4.69, 9.17) is 5.73 Å². The zero-order chi connectivity index (χ0) is 12.2. The Morgan fingerprint density at radius 2 is 1.88 bits per heavy atom. The van der Waals surface area contributed by atoms with Crippen LogP contribution in [0.3, 0.4) is 0 Å². The zero-order valence-electron chi connectivity index (χ0n) is 10.2. The molecule has 0 unspecified atom stereocenters. The summed E-state index contributed by atoms with van der Waals surface area (Å²) in [6, 6.07) is 0. The van der Waals surface area contributed by atoms with Crippen LogP contribution in [0.5, 0.6) is 0 Å². The van der Waals surface area contributed by atoms with Gasteiger partial charge in [0, 0.05) is 19.6 Å². The fourth-order valence-electron chi connectivity index (χ4n) is 1.79. The van der Waals surface area contributed by atoms with E-state index in [0.29, 0.717) is 26.2 Å². The molecule has 5 nitrogen and oxygen atoms in total. The fraction of sp³-hybridized carbons (Fsp3) is 1.00. The zero-order valence-corrected chi connectivity index (χ0v) is 11.0. The standard InChI is InChI=1S/C10H23N3O2S/c1-10(2,5-6-11)9-12-16(14,15)13-7-3-4-8-13/h12H,3-9,11H2,1-2H3. The van der Waals surface area contributed by atoms with E-state index in [0.717, 1.165) is 19.3 Å². The van der Waals surface area contributed by atoms with Gasteiger partial charge in [0.25, 0.3) is 10.2 Å². The molecule has 0 aliphatic carbocycles. The maximum absolute atomic E-state index is 11.9. The molecule has 0 aromatic carbocycles. The van der Waals surface area contributed by atoms with Crippen molar-refractivity contribution < 1.29 is 8.42 Å². The van der Waals surface area contributed by atoms with E-state index in [1.165, 1.54) is 4.31 Å². The van der Waals surface area contributed by atoms with Crippen molar-refractivity contribution in [3.05, 3.63) is 0 Å². The van der Waals surface area contributed by atoms with E-state index in [1.807, 2.05) is 13.8 Å². The van der Waals surface area contributed by atoms with Gasteiger partial charge in [-0.25, -0.2) is 4.72 Å². The van der Waals surface area contributed by atoms with Gasteiger partial charge in [0.1, 0.15) is 0 Å². The van der Waals surface area contributed by atoms with Crippen molar-refractivity contribution in [1.82, 2.24) is 9.03 Å². The third-order valence-electron chi connectivity index (χ3n) is 2.96. The first-order chi connectivity index (χ1) is 7.37. The molecule has 0 aromatic heterocycles. The molecule has 1 fully saturated rings. The molecule has 1 saturated heterocycles. The van der Waals surface area contributed by atoms with Gasteiger partial charge in [0.05, 0.1) is 0 Å². The van der Waals surface area contributed by atoms with E-state index < -0.39 is 10.2 Å². The van der Waals surface area contributed by atoms with Crippen LogP contribution < -0.4 is 10.5 Å². The van der Waals surface area contributed by atoms with E-state index in [-0.39, 0.29) is 5.41 Å². The number of nitrogens with zero attached hydrogens (tertiary/aromatic N) is 1. The highest BCUT2D eigenvalue weighted by atomic mass is 32.2. The van der Waals surface area contributed by atoms with Crippen LogP contribution in [0.25, 0.3) is 0 Å². The highest BCUT2D eigenvalue weighted by Crippen LogP contribution is 2.19. The van der Waals surface area contributed by atoms with Crippen molar-refractivity contribution in [1.29, 1.82) is 0 Å². The Hall–Kier alpha value is -0.170. The summed E-state index contributed by atoms with van der Waals surface area (Å²) in [4.78, 5) is 0. The summed E-state index contributed by atoms with van der Waals surface area (Å²) in [7, 11) is -3.27. The van der Waals surface area contributed by atoms with Crippen molar-refractivity contribution in [3.8, 4) is 0 Å². The topological polar surface area (TPSA) is 75.4 Å². The van der Waals surface area contributed by atoms with Crippen LogP contribution in [-0.2, 0) is 10.2 Å². The van der Waals surface area contributed by atoms with Crippen LogP contribution in [0.1, 0.15) is 33.1 Å². The maximum Gasteiger partial charge on any atom is 0.279 e. The van der Waals surface area contributed by atoms with Gasteiger partial charge in [-0.3, -0.25) is 0 Å². The molecular formula is C10H23N3O2S. The van der Waals surface area contributed by atoms with E-state index in [2.05, 4.69) is 4.72 Å². The van der Waals surface area contributed by atoms with Crippen molar-refractivity contribution in [2.24, 2.45) is 11.1 Å². The molecule has 96 valence electrons. The summed E-state index contributed by atoms with van der Waals surface area (Å²) < 4.78 is 27.9. The van der Waals surface area contributed by atoms with Gasteiger partial charge >= 0.3 is 0 Å². The van der Waals surface area contributed by atoms with Gasteiger partial charge in [-0.15, -0.1) is 0 Å². The second-order valence-corrected chi connectivity index (χ2v) is 6.89. The van der Waals surface area contributed by atoms with Crippen molar-refractivity contribution in [2.75, 3.05) is 26.2 Å². The largest absolute Gasteiger partial charge is 0.330 e. The molecule has 0 bridgehead atoms. The third-order valence-corrected chi connectivity index (χ3v) is 4.51. The van der Waals surface area contributed by atoms with Gasteiger partial charge in [-0.1, -0.05) is 13.8 Å². The second kappa shape index (κ2) is 5.44. The Kier molecular flexibility index (Phi) is 4.73. The summed E-state index contributed by atoms with van der Waals surface area (Å²) in [5, 5.41) is 0. The van der Waals surface area contributed by atoms with Crippen LogP contribution in [0.15, 0.2) is 0 Å². The van der Waals surface area contributed by atoms with Crippen LogP contribution in [-0.4, -0.2) is 38.9 Å². The molecule has 1 aliphatic rings. The molecule has 1 rings (SSSR count). The Labute approximate surface area is 98.6 Å². The number of hydrogen-bond acceptors (Lipinski definition) is 3. The van der Waals surface area contributed by atoms with Gasteiger partial charge in [0.2, 0.25) is 0 Å². The summed E-state index contributed by atoms with van der Waals surface area (Å²) in [5.41, 5.74) is 5.41. The lowest BCUT2D eigenvalue weighted by molar-refractivity contribution is 0.334. The van der Waals surface area contributed by atoms with E-state index in [1.54, 1.807) is 0 Å². The van der Waals surface area contributed by atoms with Crippen LogP contribution in [0.4, 0.5) is 0 Å². The fourth-order valence-corrected chi connectivity index (χ4v) is 3.28. The highest BCUT2D eigenvalue weighted by Gasteiger charge is 2.27. The minimum absolute atomic E-state index is 0.0818. The Bertz CT molecular complexity index is 308. The minimum Gasteiger partial charge on any atom is -0.330 e. The first-order valence-electron chi connectivity index (χ1n) is 5.82. The van der Waals surface area contributed by atoms with Gasteiger partial charge in [0.15, 0.2) is 0 Å². The normalized spacial score (nSPS) is 19.2. The highest BCUT2D eigenvalue weighted by molar-refractivity contribution is 7.87. The minimum atomic E-state index is -3.27. The predicted molar refractivity (Wildman–Crippen MR) is 65.2 cm³/mol. The number of rotatable bonds is 6. The average molecular weight is 249 g/mol. The van der Waals surface area contributed by atoms with Gasteiger partial charge in [-0.05, 0) is 31.2 Å². The Balaban J connectivity index is 2.47. The summed E-state index contributed by atoms with van der Waals surface area (Å²) in [6.45, 7) is 6.36. The lowest BCUT2D eigenvalue weighted by Gasteiger charge is -2.25. The molecule has 0 spiro atoms. The molecule has 1 aliphatic heterocycles. The van der Waals surface area contributed by atoms with Gasteiger partial charge < -0.3 is 5.73 Å². The van der Waals surface area contributed by atoms with E-state index >= 15 is 0 Å². The number of nitrogens with one attached hydrogen (secondary N) is 1. The predicted octanol–water partition coefficient (Wildman–Crippen LogP) is 0.292. The average Bonchev–Trinajstić information content (AvgIpc) is 2.68. The lowest BCUT2D eigenvalue weighted by atomic mass is 9.90. The molecule has 16 heavy (non-hydrogen) atoms. The summed E-state index contributed by atoms with van der Waals surface area (Å²) in [5.74, 6) is 0. The van der Waals surface area contributed by atoms with Crippen molar-refractivity contribution in [2.45, 2.75) is 33.1 Å². The van der Waals surface area contributed by atoms with Crippen molar-refractivity contribution in [3.63, 3.8) is 0 Å². The molecule has 0 aromatic rings. The number of nitrogens with two attached hydrogens (primary N) is 1. The van der Waals surface area contributed by atoms with Gasteiger partial charge in [-0.2, -0.15) is 12.7 Å². The lowest BCUT2D eigenvalue weighted by Crippen LogP contribution is -2.43. The molecular weight excluding hydrogens is 226 g/mol. The third kappa shape index (κ3) is 4.01. The Morgan fingerprint density at radius 3 is 2.38 bits per heavy atom. The monoisotopic (exact) mass is 249 g/mol. The van der Waals surface area contributed by atoms with E-state index in [9.17, 15) is 8.42 Å². The molecule has 6 heteroatoms. The smallest absolute Gasteiger partial charge is 0.279 e. The summed E-state index contributed by atoms with van der Waals surface area (Å²) >= 11 is 0. The van der Waals surface area contributed by atoms with Crippen LogP contribution >= 0.6 is 0 Å². The molecule has 0 saturated carbocycles. The first kappa shape index (κ1) is 13.9. The van der Waals surface area contributed by atoms with Crippen LogP contribution in [0.2, 0.25) is 0 Å². The molecule has 1 heterocycles. The SMILES string of the molecule is CC(C)(CCN)CNS(=O)(=O)N1CCCC1. The molecule has 0 atom stereocenters. The van der Waals surface area contributed by atoms with Crippen molar-refractivity contribution >= 4 is 10.2 Å². The second-order valence-electron chi connectivity index (χ2n) is 5.14.